The van der Waals surface area contributed by atoms with Crippen molar-refractivity contribution in [3.05, 3.63) is 59.9 Å². The van der Waals surface area contributed by atoms with Crippen LogP contribution in [0.5, 0.6) is 0 Å². The van der Waals surface area contributed by atoms with Crippen LogP contribution in [0.1, 0.15) is 11.6 Å². The number of thioether (sulfide) groups is 1. The number of imidazole rings is 1. The Balaban J connectivity index is 1.50. The predicted molar refractivity (Wildman–Crippen MR) is 116 cm³/mol. The third-order valence-electron chi connectivity index (χ3n) is 5.33. The highest BCUT2D eigenvalue weighted by atomic mass is 32.2. The van der Waals surface area contributed by atoms with Gasteiger partial charge in [-0.05, 0) is 41.6 Å². The molecular weight excluding hydrogens is 441 g/mol. The van der Waals surface area contributed by atoms with Crippen LogP contribution in [0.25, 0.3) is 11.0 Å². The number of nitrogens with one attached hydrogen (secondary N) is 1. The third-order valence-corrected chi connectivity index (χ3v) is 6.03. The summed E-state index contributed by atoms with van der Waals surface area (Å²) in [7, 11) is 0. The molecule has 1 aromatic heterocycles. The molecule has 2 aromatic carbocycles. The van der Waals surface area contributed by atoms with Gasteiger partial charge >= 0.3 is 0 Å². The number of carbonyl (C=O) groups is 1. The smallest absolute Gasteiger partial charge is 0.291 e. The topological polar surface area (TPSA) is 59.4 Å². The van der Waals surface area contributed by atoms with Gasteiger partial charge in [-0.15, -0.1) is 0 Å². The van der Waals surface area contributed by atoms with Gasteiger partial charge in [0.1, 0.15) is 12.4 Å². The maximum atomic E-state index is 13.8. The minimum atomic E-state index is -2.65. The lowest BCUT2D eigenvalue weighted by Gasteiger charge is -2.35. The summed E-state index contributed by atoms with van der Waals surface area (Å²) in [5, 5.41) is 2.98. The molecule has 1 fully saturated rings. The van der Waals surface area contributed by atoms with Crippen LogP contribution in [0.15, 0.2) is 53.7 Å². The van der Waals surface area contributed by atoms with Crippen LogP contribution in [-0.4, -0.2) is 59.0 Å². The van der Waals surface area contributed by atoms with E-state index in [1.54, 1.807) is 30.3 Å². The zero-order valence-electron chi connectivity index (χ0n) is 17.2. The van der Waals surface area contributed by atoms with E-state index in [9.17, 15) is 18.0 Å². The van der Waals surface area contributed by atoms with Crippen LogP contribution in [0.4, 0.5) is 13.2 Å². The molecule has 3 aromatic rings. The second-order valence-electron chi connectivity index (χ2n) is 7.37. The number of alkyl halides is 2. The number of halogens is 3. The lowest BCUT2D eigenvalue weighted by molar-refractivity contribution is -0.122. The minimum absolute atomic E-state index is 0.0891. The first-order valence-electron chi connectivity index (χ1n) is 10.3. The lowest BCUT2D eigenvalue weighted by atomic mass is 10.0. The zero-order valence-corrected chi connectivity index (χ0v) is 18.0. The second kappa shape index (κ2) is 10.4. The summed E-state index contributed by atoms with van der Waals surface area (Å²) in [5.41, 5.74) is 1.92. The number of benzene rings is 2. The van der Waals surface area contributed by atoms with Crippen molar-refractivity contribution in [1.82, 2.24) is 19.8 Å². The van der Waals surface area contributed by atoms with Crippen molar-refractivity contribution >= 4 is 28.7 Å². The van der Waals surface area contributed by atoms with Crippen LogP contribution in [0.3, 0.4) is 0 Å². The second-order valence-corrected chi connectivity index (χ2v) is 8.33. The van der Waals surface area contributed by atoms with Crippen LogP contribution in [0.2, 0.25) is 0 Å². The molecule has 1 amide bonds. The number of rotatable bonds is 8. The SMILES string of the molecule is O=C(Cn1c(SC(F)F)nc2ccccc21)NC[C@@H](c1cccc(F)c1)N1CCOCC1. The van der Waals surface area contributed by atoms with Crippen molar-refractivity contribution in [2.75, 3.05) is 32.8 Å². The zero-order chi connectivity index (χ0) is 22.5. The molecule has 1 saturated heterocycles. The highest BCUT2D eigenvalue weighted by Crippen LogP contribution is 2.28. The Hall–Kier alpha value is -2.56. The monoisotopic (exact) mass is 464 g/mol. The molecule has 0 spiro atoms. The van der Waals surface area contributed by atoms with Gasteiger partial charge in [-0.2, -0.15) is 8.78 Å². The summed E-state index contributed by atoms with van der Waals surface area (Å²) in [5.74, 6) is -3.32. The number of carbonyl (C=O) groups excluding carboxylic acids is 1. The molecule has 0 radical (unpaired) electrons. The summed E-state index contributed by atoms with van der Waals surface area (Å²) in [6, 6.07) is 13.1. The highest BCUT2D eigenvalue weighted by molar-refractivity contribution is 7.99. The molecule has 32 heavy (non-hydrogen) atoms. The van der Waals surface area contributed by atoms with Gasteiger partial charge < -0.3 is 14.6 Å². The number of ether oxygens (including phenoxy) is 1. The quantitative estimate of drug-likeness (QED) is 0.516. The molecule has 1 N–H and O–H groups in total. The van der Waals surface area contributed by atoms with Crippen molar-refractivity contribution in [2.45, 2.75) is 23.5 Å². The molecule has 1 aliphatic rings. The number of nitrogens with zero attached hydrogens (tertiary/aromatic N) is 3. The number of morpholine rings is 1. The van der Waals surface area contributed by atoms with Crippen LogP contribution < -0.4 is 5.32 Å². The summed E-state index contributed by atoms with van der Waals surface area (Å²) in [4.78, 5) is 19.2. The Labute approximate surface area is 187 Å². The minimum Gasteiger partial charge on any atom is -0.379 e. The maximum Gasteiger partial charge on any atom is 0.291 e. The lowest BCUT2D eigenvalue weighted by Crippen LogP contribution is -2.44. The van der Waals surface area contributed by atoms with Crippen LogP contribution in [0, 0.1) is 5.82 Å². The third kappa shape index (κ3) is 5.43. The standard InChI is InChI=1S/C22H23F3N4O2S/c23-16-5-3-4-15(12-16)19(28-8-10-31-11-9-28)13-26-20(30)14-29-18-7-2-1-6-17(18)27-22(29)32-21(24)25/h1-7,12,19,21H,8-11,13-14H2,(H,26,30)/t19-/m0/s1. The van der Waals surface area contributed by atoms with E-state index >= 15 is 0 Å². The average Bonchev–Trinajstić information content (AvgIpc) is 3.11. The molecule has 170 valence electrons. The molecule has 1 aliphatic heterocycles. The molecule has 0 aliphatic carbocycles. The normalized spacial score (nSPS) is 15.9. The Morgan fingerprint density at radius 2 is 1.94 bits per heavy atom. The van der Waals surface area contributed by atoms with Crippen molar-refractivity contribution in [1.29, 1.82) is 0 Å². The van der Waals surface area contributed by atoms with Crippen molar-refractivity contribution in [3.63, 3.8) is 0 Å². The van der Waals surface area contributed by atoms with Gasteiger partial charge in [0.2, 0.25) is 5.91 Å². The van der Waals surface area contributed by atoms with Gasteiger partial charge in [0.15, 0.2) is 5.16 Å². The fourth-order valence-corrected chi connectivity index (χ4v) is 4.45. The van der Waals surface area contributed by atoms with E-state index in [0.717, 1.165) is 5.56 Å². The fraction of sp³-hybridized carbons (Fsp3) is 0.364. The van der Waals surface area contributed by atoms with E-state index in [4.69, 9.17) is 4.74 Å². The molecule has 0 unspecified atom stereocenters. The number of aromatic nitrogens is 2. The van der Waals surface area contributed by atoms with E-state index in [0.29, 0.717) is 49.1 Å². The summed E-state index contributed by atoms with van der Waals surface area (Å²) in [6.07, 6.45) is 0. The summed E-state index contributed by atoms with van der Waals surface area (Å²) >= 11 is 0.313. The number of fused-ring (bicyclic) bond motifs is 1. The molecule has 10 heteroatoms. The average molecular weight is 465 g/mol. The van der Waals surface area contributed by atoms with E-state index in [2.05, 4.69) is 15.2 Å². The van der Waals surface area contributed by atoms with Gasteiger partial charge in [0, 0.05) is 19.6 Å². The summed E-state index contributed by atoms with van der Waals surface area (Å²) < 4.78 is 46.8. The van der Waals surface area contributed by atoms with Gasteiger partial charge in [0.05, 0.1) is 30.3 Å². The largest absolute Gasteiger partial charge is 0.379 e. The van der Waals surface area contributed by atoms with Crippen molar-refractivity contribution in [2.24, 2.45) is 0 Å². The van der Waals surface area contributed by atoms with E-state index < -0.39 is 5.76 Å². The first-order chi connectivity index (χ1) is 15.5. The van der Waals surface area contributed by atoms with Gasteiger partial charge in [-0.1, -0.05) is 24.3 Å². The fourth-order valence-electron chi connectivity index (χ4n) is 3.85. The summed E-state index contributed by atoms with van der Waals surface area (Å²) in [6.45, 7) is 2.57. The Kier molecular flexibility index (Phi) is 7.33. The molecular formula is C22H23F3N4O2S. The van der Waals surface area contributed by atoms with E-state index in [1.165, 1.54) is 16.7 Å². The Morgan fingerprint density at radius 3 is 2.69 bits per heavy atom. The first-order valence-corrected chi connectivity index (χ1v) is 11.1. The maximum absolute atomic E-state index is 13.8. The molecule has 1 atom stereocenters. The molecule has 4 rings (SSSR count). The first kappa shape index (κ1) is 22.6. The Bertz CT molecular complexity index is 1070. The number of hydrogen-bond acceptors (Lipinski definition) is 5. The van der Waals surface area contributed by atoms with Gasteiger partial charge in [-0.25, -0.2) is 9.37 Å². The Morgan fingerprint density at radius 1 is 1.16 bits per heavy atom. The molecule has 0 saturated carbocycles. The van der Waals surface area contributed by atoms with Crippen molar-refractivity contribution in [3.8, 4) is 0 Å². The molecule has 6 nitrogen and oxygen atoms in total. The predicted octanol–water partition coefficient (Wildman–Crippen LogP) is 3.68. The van der Waals surface area contributed by atoms with Gasteiger partial charge in [0.25, 0.3) is 5.76 Å². The van der Waals surface area contributed by atoms with Gasteiger partial charge in [-0.3, -0.25) is 9.69 Å². The van der Waals surface area contributed by atoms with E-state index in [-0.39, 0.29) is 36.0 Å². The highest BCUT2D eigenvalue weighted by Gasteiger charge is 2.24. The number of hydrogen-bond donors (Lipinski definition) is 1. The number of para-hydroxylation sites is 2. The molecule has 2 heterocycles. The van der Waals surface area contributed by atoms with E-state index in [1.807, 2.05) is 6.07 Å². The number of amides is 1. The van der Waals surface area contributed by atoms with Crippen LogP contribution in [-0.2, 0) is 16.1 Å². The van der Waals surface area contributed by atoms with Crippen LogP contribution >= 0.6 is 11.8 Å². The molecule has 0 bridgehead atoms. The van der Waals surface area contributed by atoms with Crippen molar-refractivity contribution < 1.29 is 22.7 Å².